The smallest absolute Gasteiger partial charge is 0.303 e. The van der Waals surface area contributed by atoms with E-state index in [4.69, 9.17) is 5.11 Å². The van der Waals surface area contributed by atoms with Crippen LogP contribution >= 0.6 is 0 Å². The van der Waals surface area contributed by atoms with Crippen molar-refractivity contribution in [3.63, 3.8) is 0 Å². The standard InChI is InChI=1S/C20H26O5/c21-17(11-7-2-1-3-8-12-20(24)25)15-19(23)18(22)14-13-16-9-5-4-6-10-16/h4-6,9-10,13-14,19,23H,1-3,7-8,11-12,15H2,(H,24,25)/b14-13+. The van der Waals surface area contributed by atoms with E-state index >= 15 is 0 Å². The molecule has 0 bridgehead atoms. The van der Waals surface area contributed by atoms with Crippen molar-refractivity contribution in [2.45, 2.75) is 57.5 Å². The van der Waals surface area contributed by atoms with Gasteiger partial charge in [-0.2, -0.15) is 0 Å². The highest BCUT2D eigenvalue weighted by Crippen LogP contribution is 2.10. The number of carbonyl (C=O) groups excluding carboxylic acids is 2. The maximum absolute atomic E-state index is 11.8. The van der Waals surface area contributed by atoms with Crippen molar-refractivity contribution < 1.29 is 24.6 Å². The Labute approximate surface area is 148 Å². The van der Waals surface area contributed by atoms with Crippen LogP contribution in [0.1, 0.15) is 56.9 Å². The van der Waals surface area contributed by atoms with Gasteiger partial charge in [0.25, 0.3) is 0 Å². The number of aliphatic hydroxyl groups excluding tert-OH is 1. The van der Waals surface area contributed by atoms with Crippen LogP contribution in [0.4, 0.5) is 0 Å². The van der Waals surface area contributed by atoms with E-state index < -0.39 is 17.9 Å². The summed E-state index contributed by atoms with van der Waals surface area (Å²) in [6.45, 7) is 0. The summed E-state index contributed by atoms with van der Waals surface area (Å²) in [5.74, 6) is -1.37. The van der Waals surface area contributed by atoms with Gasteiger partial charge >= 0.3 is 5.97 Å². The Bertz CT molecular complexity index is 577. The molecule has 1 aromatic rings. The zero-order valence-electron chi connectivity index (χ0n) is 14.4. The lowest BCUT2D eigenvalue weighted by Gasteiger charge is -2.06. The summed E-state index contributed by atoms with van der Waals surface area (Å²) in [6, 6.07) is 9.27. The summed E-state index contributed by atoms with van der Waals surface area (Å²) in [5, 5.41) is 18.3. The highest BCUT2D eigenvalue weighted by molar-refractivity contribution is 5.99. The van der Waals surface area contributed by atoms with E-state index in [0.29, 0.717) is 19.3 Å². The van der Waals surface area contributed by atoms with Gasteiger partial charge in [-0.1, -0.05) is 55.7 Å². The van der Waals surface area contributed by atoms with Gasteiger partial charge in [0.05, 0.1) is 0 Å². The van der Waals surface area contributed by atoms with Crippen molar-refractivity contribution in [1.29, 1.82) is 0 Å². The van der Waals surface area contributed by atoms with E-state index in [1.54, 1.807) is 6.08 Å². The van der Waals surface area contributed by atoms with Crippen LogP contribution in [0.15, 0.2) is 36.4 Å². The summed E-state index contributed by atoms with van der Waals surface area (Å²) in [5.41, 5.74) is 0.859. The average molecular weight is 346 g/mol. The third-order valence-corrected chi connectivity index (χ3v) is 3.84. The van der Waals surface area contributed by atoms with Crippen molar-refractivity contribution in [1.82, 2.24) is 0 Å². The molecular formula is C20H26O5. The van der Waals surface area contributed by atoms with E-state index in [2.05, 4.69) is 0 Å². The Hall–Kier alpha value is -2.27. The van der Waals surface area contributed by atoms with Crippen LogP contribution in [-0.4, -0.2) is 33.9 Å². The van der Waals surface area contributed by atoms with Gasteiger partial charge in [-0.15, -0.1) is 0 Å². The topological polar surface area (TPSA) is 91.7 Å². The highest BCUT2D eigenvalue weighted by Gasteiger charge is 2.16. The fourth-order valence-electron chi connectivity index (χ4n) is 2.40. The predicted octanol–water partition coefficient (Wildman–Crippen LogP) is 3.40. The van der Waals surface area contributed by atoms with Crippen LogP contribution in [0.3, 0.4) is 0 Å². The highest BCUT2D eigenvalue weighted by atomic mass is 16.4. The summed E-state index contributed by atoms with van der Waals surface area (Å²) < 4.78 is 0. The van der Waals surface area contributed by atoms with Gasteiger partial charge in [-0.3, -0.25) is 14.4 Å². The van der Waals surface area contributed by atoms with Gasteiger partial charge < -0.3 is 10.2 Å². The number of hydrogen-bond acceptors (Lipinski definition) is 4. The van der Waals surface area contributed by atoms with E-state index in [1.807, 2.05) is 30.3 Å². The summed E-state index contributed by atoms with van der Waals surface area (Å²) in [7, 11) is 0. The van der Waals surface area contributed by atoms with Crippen molar-refractivity contribution >= 4 is 23.6 Å². The molecule has 0 aromatic heterocycles. The SMILES string of the molecule is O=C(O)CCCCCCCC(=O)CC(O)C(=O)/C=C/c1ccccc1. The molecule has 25 heavy (non-hydrogen) atoms. The second-order valence-electron chi connectivity index (χ2n) is 6.07. The first-order valence-corrected chi connectivity index (χ1v) is 8.67. The Morgan fingerprint density at radius 1 is 0.920 bits per heavy atom. The number of Topliss-reactive ketones (excluding diaryl/α,β-unsaturated/α-hetero) is 1. The number of carboxylic acids is 1. The molecule has 5 nitrogen and oxygen atoms in total. The van der Waals surface area contributed by atoms with Crippen molar-refractivity contribution in [3.05, 3.63) is 42.0 Å². The molecule has 1 rings (SSSR count). The third kappa shape index (κ3) is 10.2. The number of rotatable bonds is 13. The number of unbranched alkanes of at least 4 members (excludes halogenated alkanes) is 4. The zero-order valence-corrected chi connectivity index (χ0v) is 14.4. The van der Waals surface area contributed by atoms with Gasteiger partial charge in [-0.05, 0) is 24.5 Å². The molecule has 0 heterocycles. The molecule has 0 aliphatic carbocycles. The fourth-order valence-corrected chi connectivity index (χ4v) is 2.40. The number of hydrogen-bond donors (Lipinski definition) is 2. The van der Waals surface area contributed by atoms with E-state index in [-0.39, 0.29) is 18.6 Å². The Balaban J connectivity index is 2.17. The number of benzene rings is 1. The van der Waals surface area contributed by atoms with Crippen LogP contribution < -0.4 is 0 Å². The van der Waals surface area contributed by atoms with Gasteiger partial charge in [0.1, 0.15) is 11.9 Å². The molecule has 1 unspecified atom stereocenters. The molecule has 0 radical (unpaired) electrons. The van der Waals surface area contributed by atoms with E-state index in [0.717, 1.165) is 24.8 Å². The number of carbonyl (C=O) groups is 3. The van der Waals surface area contributed by atoms with Crippen molar-refractivity contribution in [2.75, 3.05) is 0 Å². The largest absolute Gasteiger partial charge is 0.481 e. The second-order valence-corrected chi connectivity index (χ2v) is 6.07. The minimum Gasteiger partial charge on any atom is -0.481 e. The molecule has 0 amide bonds. The molecule has 0 spiro atoms. The number of ketones is 2. The first kappa shape index (κ1) is 20.8. The van der Waals surface area contributed by atoms with Gasteiger partial charge in [0.15, 0.2) is 5.78 Å². The maximum Gasteiger partial charge on any atom is 0.303 e. The molecular weight excluding hydrogens is 320 g/mol. The quantitative estimate of drug-likeness (QED) is 0.422. The minimum absolute atomic E-state index is 0.125. The maximum atomic E-state index is 11.8. The molecule has 0 saturated heterocycles. The number of aliphatic carboxylic acids is 1. The zero-order chi connectivity index (χ0) is 18.5. The molecule has 0 fully saturated rings. The van der Waals surface area contributed by atoms with Crippen LogP contribution in [0.5, 0.6) is 0 Å². The molecule has 0 aliphatic rings. The Kier molecular flexibility index (Phi) is 10.1. The molecule has 1 atom stereocenters. The van der Waals surface area contributed by atoms with E-state index in [9.17, 15) is 19.5 Å². The first-order chi connectivity index (χ1) is 12.0. The third-order valence-electron chi connectivity index (χ3n) is 3.84. The molecule has 2 N–H and O–H groups in total. The fraction of sp³-hybridized carbons (Fsp3) is 0.450. The van der Waals surface area contributed by atoms with E-state index in [1.165, 1.54) is 6.08 Å². The Morgan fingerprint density at radius 2 is 1.52 bits per heavy atom. The number of carboxylic acid groups (broad SMARTS) is 1. The van der Waals surface area contributed by atoms with Crippen LogP contribution in [-0.2, 0) is 14.4 Å². The lowest BCUT2D eigenvalue weighted by atomic mass is 10.0. The van der Waals surface area contributed by atoms with Gasteiger partial charge in [0.2, 0.25) is 0 Å². The molecule has 5 heteroatoms. The first-order valence-electron chi connectivity index (χ1n) is 8.67. The van der Waals surface area contributed by atoms with Gasteiger partial charge in [-0.25, -0.2) is 0 Å². The lowest BCUT2D eigenvalue weighted by Crippen LogP contribution is -2.22. The monoisotopic (exact) mass is 346 g/mol. The van der Waals surface area contributed by atoms with Gasteiger partial charge in [0, 0.05) is 19.3 Å². The summed E-state index contributed by atoms with van der Waals surface area (Å²) in [6.07, 6.45) is 5.94. The summed E-state index contributed by atoms with van der Waals surface area (Å²) >= 11 is 0. The average Bonchev–Trinajstić information content (AvgIpc) is 2.59. The minimum atomic E-state index is -1.29. The second kappa shape index (κ2) is 12.1. The Morgan fingerprint density at radius 3 is 2.16 bits per heavy atom. The van der Waals surface area contributed by atoms with Crippen molar-refractivity contribution in [3.8, 4) is 0 Å². The van der Waals surface area contributed by atoms with Crippen LogP contribution in [0.2, 0.25) is 0 Å². The van der Waals surface area contributed by atoms with Crippen LogP contribution in [0, 0.1) is 0 Å². The predicted molar refractivity (Wildman–Crippen MR) is 96.1 cm³/mol. The molecule has 1 aromatic carbocycles. The molecule has 0 saturated carbocycles. The molecule has 0 aliphatic heterocycles. The molecule has 136 valence electrons. The van der Waals surface area contributed by atoms with Crippen LogP contribution in [0.25, 0.3) is 6.08 Å². The number of aliphatic hydroxyl groups is 1. The lowest BCUT2D eigenvalue weighted by molar-refractivity contribution is -0.137. The van der Waals surface area contributed by atoms with Crippen molar-refractivity contribution in [2.24, 2.45) is 0 Å². The normalized spacial score (nSPS) is 12.2. The summed E-state index contributed by atoms with van der Waals surface area (Å²) in [4.78, 5) is 34.0.